The molecule has 0 radical (unpaired) electrons. The Bertz CT molecular complexity index is 1010. The van der Waals surface area contributed by atoms with Crippen LogP contribution in [0.5, 0.6) is 0 Å². The van der Waals surface area contributed by atoms with Gasteiger partial charge in [0.1, 0.15) is 10.8 Å². The molecule has 0 atom stereocenters. The number of halogens is 1. The van der Waals surface area contributed by atoms with Crippen LogP contribution in [0.4, 0.5) is 16.0 Å². The summed E-state index contributed by atoms with van der Waals surface area (Å²) in [5.41, 5.74) is 3.65. The van der Waals surface area contributed by atoms with Crippen LogP contribution in [0.1, 0.15) is 5.56 Å². The first-order valence-corrected chi connectivity index (χ1v) is 8.27. The number of thiazole rings is 1. The molecule has 0 saturated heterocycles. The second-order valence-corrected chi connectivity index (χ2v) is 6.29. The highest BCUT2D eigenvalue weighted by atomic mass is 32.1. The zero-order valence-electron chi connectivity index (χ0n) is 12.8. The van der Waals surface area contributed by atoms with Crippen LogP contribution < -0.4 is 5.32 Å². The minimum absolute atomic E-state index is 0.301. The fourth-order valence-electron chi connectivity index (χ4n) is 2.53. The quantitative estimate of drug-likeness (QED) is 0.575. The van der Waals surface area contributed by atoms with E-state index in [1.54, 1.807) is 35.9 Å². The summed E-state index contributed by atoms with van der Waals surface area (Å²) in [5, 5.41) is 6.91. The zero-order chi connectivity index (χ0) is 16.5. The van der Waals surface area contributed by atoms with E-state index in [0.717, 1.165) is 27.0 Å². The zero-order valence-corrected chi connectivity index (χ0v) is 13.6. The van der Waals surface area contributed by atoms with Crippen LogP contribution >= 0.6 is 11.3 Å². The fraction of sp³-hybridized carbons (Fsp3) is 0.0556. The second-order valence-electron chi connectivity index (χ2n) is 5.39. The number of benzene rings is 2. The summed E-state index contributed by atoms with van der Waals surface area (Å²) >= 11 is 1.61. The van der Waals surface area contributed by atoms with Gasteiger partial charge in [0, 0.05) is 34.4 Å². The van der Waals surface area contributed by atoms with E-state index < -0.39 is 0 Å². The number of hydrogen-bond donors (Lipinski definition) is 1. The van der Waals surface area contributed by atoms with Gasteiger partial charge in [-0.2, -0.15) is 0 Å². The second kappa shape index (κ2) is 5.98. The molecule has 24 heavy (non-hydrogen) atoms. The summed E-state index contributed by atoms with van der Waals surface area (Å²) in [4.78, 5) is 13.2. The molecule has 2 aromatic heterocycles. The van der Waals surface area contributed by atoms with Gasteiger partial charge in [0.05, 0.1) is 5.52 Å². The highest BCUT2D eigenvalue weighted by Gasteiger charge is 2.09. The first kappa shape index (κ1) is 14.7. The van der Waals surface area contributed by atoms with Crippen molar-refractivity contribution in [3.8, 4) is 10.6 Å². The molecule has 0 spiro atoms. The smallest absolute Gasteiger partial charge is 0.227 e. The van der Waals surface area contributed by atoms with Crippen molar-refractivity contribution in [2.75, 3.05) is 5.32 Å². The topological polar surface area (TPSA) is 50.7 Å². The monoisotopic (exact) mass is 336 g/mol. The predicted molar refractivity (Wildman–Crippen MR) is 95.1 cm³/mol. The van der Waals surface area contributed by atoms with Crippen molar-refractivity contribution >= 4 is 33.9 Å². The Kier molecular flexibility index (Phi) is 3.66. The maximum absolute atomic E-state index is 13.3. The van der Waals surface area contributed by atoms with E-state index in [1.807, 2.05) is 18.4 Å². The summed E-state index contributed by atoms with van der Waals surface area (Å²) in [6, 6.07) is 10.3. The third-order valence-electron chi connectivity index (χ3n) is 3.67. The minimum Gasteiger partial charge on any atom is -0.324 e. The van der Waals surface area contributed by atoms with E-state index in [2.05, 4.69) is 26.3 Å². The molecular formula is C18H13FN4S. The molecular weight excluding hydrogens is 323 g/mol. The molecule has 0 amide bonds. The molecule has 6 heteroatoms. The molecule has 4 nitrogen and oxygen atoms in total. The summed E-state index contributed by atoms with van der Waals surface area (Å²) in [6.07, 6.45) is 3.56. The average Bonchev–Trinajstić information content (AvgIpc) is 3.08. The lowest BCUT2D eigenvalue weighted by molar-refractivity contribution is 0.628. The molecule has 4 aromatic rings. The largest absolute Gasteiger partial charge is 0.324 e. The van der Waals surface area contributed by atoms with Crippen LogP contribution in [0.15, 0.2) is 54.2 Å². The standard InChI is InChI=1S/C18H13FN4S/c1-11-7-16-12(8-15(11)17-20-5-6-24-17)10-21-18(23-16)22-14-4-2-3-13(19)9-14/h2-10H,1H3,(H,21,22,23). The molecule has 2 heterocycles. The lowest BCUT2D eigenvalue weighted by Crippen LogP contribution is -1.98. The molecule has 0 unspecified atom stereocenters. The number of aromatic nitrogens is 3. The predicted octanol–water partition coefficient (Wildman–Crippen LogP) is 4.94. The van der Waals surface area contributed by atoms with Gasteiger partial charge in [-0.3, -0.25) is 0 Å². The van der Waals surface area contributed by atoms with Crippen LogP contribution in [0, 0.1) is 12.7 Å². The SMILES string of the molecule is Cc1cc2nc(Nc3cccc(F)c3)ncc2cc1-c1nccs1. The van der Waals surface area contributed by atoms with Crippen LogP contribution in [-0.2, 0) is 0 Å². The Morgan fingerprint density at radius 2 is 2.04 bits per heavy atom. The molecule has 2 aromatic carbocycles. The van der Waals surface area contributed by atoms with E-state index in [9.17, 15) is 4.39 Å². The van der Waals surface area contributed by atoms with E-state index >= 15 is 0 Å². The first-order chi connectivity index (χ1) is 11.7. The van der Waals surface area contributed by atoms with Gasteiger partial charge in [-0.25, -0.2) is 19.3 Å². The number of hydrogen-bond acceptors (Lipinski definition) is 5. The van der Waals surface area contributed by atoms with Gasteiger partial charge in [0.15, 0.2) is 0 Å². The Morgan fingerprint density at radius 3 is 2.83 bits per heavy atom. The molecule has 118 valence electrons. The number of rotatable bonds is 3. The van der Waals surface area contributed by atoms with Crippen molar-refractivity contribution in [1.29, 1.82) is 0 Å². The number of nitrogens with zero attached hydrogens (tertiary/aromatic N) is 3. The lowest BCUT2D eigenvalue weighted by atomic mass is 10.1. The molecule has 0 fully saturated rings. The van der Waals surface area contributed by atoms with Crippen LogP contribution in [0.25, 0.3) is 21.5 Å². The average molecular weight is 336 g/mol. The van der Waals surface area contributed by atoms with Crippen molar-refractivity contribution in [3.63, 3.8) is 0 Å². The number of anilines is 2. The molecule has 0 aliphatic rings. The Labute approximate surface area is 142 Å². The number of fused-ring (bicyclic) bond motifs is 1. The van der Waals surface area contributed by atoms with E-state index in [1.165, 1.54) is 12.1 Å². The van der Waals surface area contributed by atoms with Crippen molar-refractivity contribution in [2.24, 2.45) is 0 Å². The van der Waals surface area contributed by atoms with Crippen molar-refractivity contribution in [1.82, 2.24) is 15.0 Å². The van der Waals surface area contributed by atoms with Gasteiger partial charge in [-0.15, -0.1) is 11.3 Å². The van der Waals surface area contributed by atoms with Crippen LogP contribution in [0.2, 0.25) is 0 Å². The van der Waals surface area contributed by atoms with Gasteiger partial charge in [-0.05, 0) is 42.8 Å². The van der Waals surface area contributed by atoms with Gasteiger partial charge >= 0.3 is 0 Å². The normalized spacial score (nSPS) is 10.9. The van der Waals surface area contributed by atoms with E-state index in [-0.39, 0.29) is 5.82 Å². The summed E-state index contributed by atoms with van der Waals surface area (Å²) in [6.45, 7) is 2.04. The maximum Gasteiger partial charge on any atom is 0.227 e. The van der Waals surface area contributed by atoms with E-state index in [0.29, 0.717) is 11.6 Å². The van der Waals surface area contributed by atoms with Crippen molar-refractivity contribution in [3.05, 3.63) is 65.6 Å². The van der Waals surface area contributed by atoms with Crippen LogP contribution in [0.3, 0.4) is 0 Å². The van der Waals surface area contributed by atoms with Gasteiger partial charge in [-0.1, -0.05) is 6.07 Å². The number of aryl methyl sites for hydroxylation is 1. The molecule has 0 saturated carbocycles. The molecule has 4 rings (SSSR count). The number of nitrogens with one attached hydrogen (secondary N) is 1. The first-order valence-electron chi connectivity index (χ1n) is 7.39. The Hall–Kier alpha value is -2.86. The highest BCUT2D eigenvalue weighted by Crippen LogP contribution is 2.29. The van der Waals surface area contributed by atoms with Crippen molar-refractivity contribution in [2.45, 2.75) is 6.92 Å². The fourth-order valence-corrected chi connectivity index (χ4v) is 3.24. The Morgan fingerprint density at radius 1 is 1.12 bits per heavy atom. The third kappa shape index (κ3) is 2.83. The van der Waals surface area contributed by atoms with Gasteiger partial charge in [0.25, 0.3) is 0 Å². The lowest BCUT2D eigenvalue weighted by Gasteiger charge is -2.08. The van der Waals surface area contributed by atoms with Gasteiger partial charge < -0.3 is 5.32 Å². The maximum atomic E-state index is 13.3. The van der Waals surface area contributed by atoms with E-state index in [4.69, 9.17) is 0 Å². The summed E-state index contributed by atoms with van der Waals surface area (Å²) < 4.78 is 13.3. The van der Waals surface area contributed by atoms with Crippen molar-refractivity contribution < 1.29 is 4.39 Å². The molecule has 0 bridgehead atoms. The minimum atomic E-state index is -0.301. The Balaban J connectivity index is 1.72. The molecule has 0 aliphatic heterocycles. The summed E-state index contributed by atoms with van der Waals surface area (Å²) in [7, 11) is 0. The molecule has 1 N–H and O–H groups in total. The molecule has 0 aliphatic carbocycles. The third-order valence-corrected chi connectivity index (χ3v) is 4.48. The summed E-state index contributed by atoms with van der Waals surface area (Å²) in [5.74, 6) is 0.138. The van der Waals surface area contributed by atoms with Crippen LogP contribution in [-0.4, -0.2) is 15.0 Å². The van der Waals surface area contributed by atoms with Gasteiger partial charge in [0.2, 0.25) is 5.95 Å². The highest BCUT2D eigenvalue weighted by molar-refractivity contribution is 7.13.